The Balaban J connectivity index is 1.65. The third kappa shape index (κ3) is 5.42. The van der Waals surface area contributed by atoms with E-state index >= 15 is 0 Å². The van der Waals surface area contributed by atoms with Gasteiger partial charge in [0.15, 0.2) is 0 Å². The lowest BCUT2D eigenvalue weighted by Gasteiger charge is -2.25. The number of nitrogens with zero attached hydrogens (tertiary/aromatic N) is 1. The van der Waals surface area contributed by atoms with Crippen LogP contribution in [-0.4, -0.2) is 55.8 Å². The molecule has 2 saturated carbocycles. The Morgan fingerprint density at radius 3 is 2.63 bits per heavy atom. The Bertz CT molecular complexity index is 765. The molecule has 1 aliphatic heterocycles. The molecule has 1 heterocycles. The average molecular weight is 442 g/mol. The van der Waals surface area contributed by atoms with E-state index in [0.717, 1.165) is 19.3 Å². The molecule has 30 heavy (non-hydrogen) atoms. The quantitative estimate of drug-likeness (QED) is 0.355. The van der Waals surface area contributed by atoms with Crippen LogP contribution < -0.4 is 10.0 Å². The van der Waals surface area contributed by atoms with Crippen molar-refractivity contribution < 1.29 is 22.8 Å². The second-order valence-corrected chi connectivity index (χ2v) is 10.7. The molecule has 0 unspecified atom stereocenters. The SMILES string of the molecule is CCCCCC/C=C\[C@@H]1C[C@]1(NC(=O)[C@@H]1CCCN1OC)C(=O)NS(=O)(=O)C1CC1. The molecule has 1 saturated heterocycles. The van der Waals surface area contributed by atoms with Crippen LogP contribution in [0.25, 0.3) is 0 Å². The predicted octanol–water partition coefficient (Wildman–Crippen LogP) is 2.02. The van der Waals surface area contributed by atoms with Crippen molar-refractivity contribution >= 4 is 21.8 Å². The third-order valence-electron chi connectivity index (χ3n) is 6.30. The number of nitrogens with one attached hydrogen (secondary N) is 2. The average Bonchev–Trinajstić information content (AvgIpc) is 3.62. The Kier molecular flexibility index (Phi) is 7.57. The molecule has 3 fully saturated rings. The van der Waals surface area contributed by atoms with Crippen LogP contribution in [0.5, 0.6) is 0 Å². The van der Waals surface area contributed by atoms with Crippen molar-refractivity contribution in [1.82, 2.24) is 15.1 Å². The van der Waals surface area contributed by atoms with Crippen LogP contribution in [0, 0.1) is 5.92 Å². The van der Waals surface area contributed by atoms with Crippen molar-refractivity contribution in [3.8, 4) is 0 Å². The molecule has 170 valence electrons. The van der Waals surface area contributed by atoms with Crippen LogP contribution in [0.15, 0.2) is 12.2 Å². The lowest BCUT2D eigenvalue weighted by atomic mass is 10.1. The third-order valence-corrected chi connectivity index (χ3v) is 8.12. The highest BCUT2D eigenvalue weighted by molar-refractivity contribution is 7.91. The molecule has 2 amide bonds. The van der Waals surface area contributed by atoms with E-state index in [1.165, 1.54) is 26.4 Å². The normalized spacial score (nSPS) is 29.3. The van der Waals surface area contributed by atoms with E-state index in [1.54, 1.807) is 5.06 Å². The summed E-state index contributed by atoms with van der Waals surface area (Å²) in [5.74, 6) is -1.10. The molecular formula is C21H35N3O5S. The number of carbonyl (C=O) groups is 2. The number of allylic oxidation sites excluding steroid dienone is 1. The Labute approximate surface area is 179 Å². The van der Waals surface area contributed by atoms with Gasteiger partial charge in [0.1, 0.15) is 11.6 Å². The van der Waals surface area contributed by atoms with E-state index in [2.05, 4.69) is 17.0 Å². The van der Waals surface area contributed by atoms with E-state index in [4.69, 9.17) is 4.84 Å². The first-order valence-corrected chi connectivity index (χ1v) is 12.7. The minimum Gasteiger partial charge on any atom is -0.340 e. The highest BCUT2D eigenvalue weighted by Gasteiger charge is 2.61. The molecule has 0 spiro atoms. The Morgan fingerprint density at radius 1 is 1.20 bits per heavy atom. The summed E-state index contributed by atoms with van der Waals surface area (Å²) in [5.41, 5.74) is -1.19. The van der Waals surface area contributed by atoms with Crippen molar-refractivity contribution in [2.75, 3.05) is 13.7 Å². The molecule has 3 aliphatic rings. The van der Waals surface area contributed by atoms with Crippen molar-refractivity contribution in [3.63, 3.8) is 0 Å². The minimum atomic E-state index is -3.67. The number of hydrogen-bond acceptors (Lipinski definition) is 6. The molecule has 2 aliphatic carbocycles. The summed E-state index contributed by atoms with van der Waals surface area (Å²) < 4.78 is 26.8. The van der Waals surface area contributed by atoms with E-state index in [0.29, 0.717) is 32.2 Å². The van der Waals surface area contributed by atoms with Crippen molar-refractivity contribution in [1.29, 1.82) is 0 Å². The van der Waals surface area contributed by atoms with Crippen LogP contribution in [0.2, 0.25) is 0 Å². The number of sulfonamides is 1. The number of rotatable bonds is 12. The number of hydroxylamine groups is 2. The van der Waals surface area contributed by atoms with E-state index in [-0.39, 0.29) is 11.8 Å². The van der Waals surface area contributed by atoms with Gasteiger partial charge < -0.3 is 10.2 Å². The van der Waals surface area contributed by atoms with Gasteiger partial charge >= 0.3 is 0 Å². The molecule has 0 aromatic carbocycles. The van der Waals surface area contributed by atoms with Crippen LogP contribution >= 0.6 is 0 Å². The van der Waals surface area contributed by atoms with Crippen molar-refractivity contribution in [3.05, 3.63) is 12.2 Å². The van der Waals surface area contributed by atoms with Crippen LogP contribution in [0.4, 0.5) is 0 Å². The summed E-state index contributed by atoms with van der Waals surface area (Å²) in [5, 5.41) is 4.01. The Hall–Kier alpha value is -1.45. The second kappa shape index (κ2) is 9.78. The monoisotopic (exact) mass is 441 g/mol. The second-order valence-electron chi connectivity index (χ2n) is 8.71. The van der Waals surface area contributed by atoms with Crippen molar-refractivity contribution in [2.24, 2.45) is 5.92 Å². The zero-order chi connectivity index (χ0) is 21.8. The molecule has 8 nitrogen and oxygen atoms in total. The number of carbonyl (C=O) groups excluding carboxylic acids is 2. The summed E-state index contributed by atoms with van der Waals surface area (Å²) in [6.45, 7) is 2.82. The maximum absolute atomic E-state index is 13.0. The largest absolute Gasteiger partial charge is 0.340 e. The fraction of sp³-hybridized carbons (Fsp3) is 0.810. The molecule has 0 bridgehead atoms. The summed E-state index contributed by atoms with van der Waals surface area (Å²) in [6, 6.07) is -0.459. The van der Waals surface area contributed by atoms with E-state index < -0.39 is 32.8 Å². The molecule has 0 aromatic heterocycles. The highest BCUT2D eigenvalue weighted by Crippen LogP contribution is 2.46. The standard InChI is InChI=1S/C21H35N3O5S/c1-3-4-5-6-7-8-10-16-15-21(16,20(26)23-30(27,28)17-12-13-17)22-19(25)18-11-9-14-24(18)29-2/h8,10,16-18H,3-7,9,11-15H2,1-2H3,(H,22,25)(H,23,26)/b10-8-/t16-,18+,21-/m1/s1. The lowest BCUT2D eigenvalue weighted by molar-refractivity contribution is -0.161. The van der Waals surface area contributed by atoms with Gasteiger partial charge in [0.2, 0.25) is 15.9 Å². The van der Waals surface area contributed by atoms with Gasteiger partial charge in [0.05, 0.1) is 12.4 Å². The fourth-order valence-corrected chi connectivity index (χ4v) is 5.50. The van der Waals surface area contributed by atoms with Crippen LogP contribution in [0.3, 0.4) is 0 Å². The van der Waals surface area contributed by atoms with Gasteiger partial charge in [-0.25, -0.2) is 8.42 Å². The number of amides is 2. The fourth-order valence-electron chi connectivity index (χ4n) is 4.14. The molecule has 3 rings (SSSR count). The zero-order valence-electron chi connectivity index (χ0n) is 18.1. The van der Waals surface area contributed by atoms with Gasteiger partial charge in [-0.2, -0.15) is 5.06 Å². The smallest absolute Gasteiger partial charge is 0.259 e. The first kappa shape index (κ1) is 23.2. The molecule has 9 heteroatoms. The van der Waals surface area contributed by atoms with Gasteiger partial charge in [-0.05, 0) is 44.9 Å². The lowest BCUT2D eigenvalue weighted by Crippen LogP contribution is -2.56. The van der Waals surface area contributed by atoms with E-state index in [1.807, 2.05) is 12.2 Å². The maximum Gasteiger partial charge on any atom is 0.259 e. The highest BCUT2D eigenvalue weighted by atomic mass is 32.2. The van der Waals surface area contributed by atoms with E-state index in [9.17, 15) is 18.0 Å². The minimum absolute atomic E-state index is 0.195. The molecular weight excluding hydrogens is 406 g/mol. The summed E-state index contributed by atoms with van der Waals surface area (Å²) in [4.78, 5) is 31.1. The Morgan fingerprint density at radius 2 is 1.97 bits per heavy atom. The number of unbranched alkanes of at least 4 members (excludes halogenated alkanes) is 4. The van der Waals surface area contributed by atoms with Gasteiger partial charge in [-0.15, -0.1) is 0 Å². The summed E-state index contributed by atoms with van der Waals surface area (Å²) >= 11 is 0. The van der Waals surface area contributed by atoms with Gasteiger partial charge in [0, 0.05) is 12.5 Å². The zero-order valence-corrected chi connectivity index (χ0v) is 18.9. The summed E-state index contributed by atoms with van der Waals surface area (Å²) in [7, 11) is -2.14. The van der Waals surface area contributed by atoms with Crippen molar-refractivity contribution in [2.45, 2.75) is 88.0 Å². The number of hydrogen-bond donors (Lipinski definition) is 2. The van der Waals surface area contributed by atoms with Gasteiger partial charge in [-0.1, -0.05) is 38.3 Å². The molecule has 0 aromatic rings. The first-order valence-electron chi connectivity index (χ1n) is 11.2. The predicted molar refractivity (Wildman–Crippen MR) is 114 cm³/mol. The van der Waals surface area contributed by atoms with Crippen LogP contribution in [0.1, 0.15) is 71.1 Å². The summed E-state index contributed by atoms with van der Waals surface area (Å²) in [6.07, 6.45) is 12.6. The van der Waals surface area contributed by atoms with Crippen LogP contribution in [-0.2, 0) is 24.4 Å². The molecule has 3 atom stereocenters. The maximum atomic E-state index is 13.0. The first-order chi connectivity index (χ1) is 14.3. The molecule has 2 N–H and O–H groups in total. The molecule has 0 radical (unpaired) electrons. The van der Waals surface area contributed by atoms with Gasteiger partial charge in [0.25, 0.3) is 5.91 Å². The topological polar surface area (TPSA) is 105 Å². The van der Waals surface area contributed by atoms with Gasteiger partial charge in [-0.3, -0.25) is 14.3 Å².